The average molecular weight is 298 g/mol. The van der Waals surface area contributed by atoms with E-state index in [1.54, 1.807) is 0 Å². The van der Waals surface area contributed by atoms with E-state index in [1.807, 2.05) is 0 Å². The third-order valence-corrected chi connectivity index (χ3v) is 2.87. The predicted molar refractivity (Wildman–Crippen MR) is 63.5 cm³/mol. The van der Waals surface area contributed by atoms with Crippen molar-refractivity contribution in [3.05, 3.63) is 58.4 Å². The summed E-state index contributed by atoms with van der Waals surface area (Å²) >= 11 is 0. The molecule has 108 valence electrons. The molecule has 0 aliphatic heterocycles. The van der Waals surface area contributed by atoms with Crippen LogP contribution in [-0.4, -0.2) is 19.2 Å². The molecule has 5 nitrogen and oxygen atoms in total. The third-order valence-electron chi connectivity index (χ3n) is 2.87. The maximum atomic E-state index is 13.2. The molecule has 0 bridgehead atoms. The maximum absolute atomic E-state index is 13.2. The molecule has 0 saturated carbocycles. The first-order valence-electron chi connectivity index (χ1n) is 5.69. The van der Waals surface area contributed by atoms with Crippen LogP contribution in [0.2, 0.25) is 0 Å². The third kappa shape index (κ3) is 2.06. The minimum absolute atomic E-state index is 0.0444. The first kappa shape index (κ1) is 13.3. The lowest BCUT2D eigenvalue weighted by molar-refractivity contribution is 0.139. The molecule has 0 fully saturated rings. The fourth-order valence-electron chi connectivity index (χ4n) is 1.89. The summed E-state index contributed by atoms with van der Waals surface area (Å²) in [6, 6.07) is 2.86. The van der Waals surface area contributed by atoms with E-state index in [0.717, 1.165) is 33.5 Å². The van der Waals surface area contributed by atoms with E-state index < -0.39 is 29.4 Å². The number of aromatic nitrogens is 4. The van der Waals surface area contributed by atoms with E-state index in [1.165, 1.54) is 6.07 Å². The molecule has 21 heavy (non-hydrogen) atoms. The Balaban J connectivity index is 2.23. The SMILES string of the molecule is O=c1c2nnc(C(F)F)n2ccn1-c1ccc(F)c(F)c1. The zero-order valence-electron chi connectivity index (χ0n) is 10.2. The summed E-state index contributed by atoms with van der Waals surface area (Å²) in [6.45, 7) is 0. The highest BCUT2D eigenvalue weighted by molar-refractivity contribution is 5.41. The van der Waals surface area contributed by atoms with E-state index >= 15 is 0 Å². The van der Waals surface area contributed by atoms with Gasteiger partial charge in [-0.3, -0.25) is 13.8 Å². The summed E-state index contributed by atoms with van der Waals surface area (Å²) in [4.78, 5) is 12.1. The summed E-state index contributed by atoms with van der Waals surface area (Å²) in [5.74, 6) is -2.86. The lowest BCUT2D eigenvalue weighted by Gasteiger charge is -2.06. The van der Waals surface area contributed by atoms with Crippen molar-refractivity contribution < 1.29 is 17.6 Å². The maximum Gasteiger partial charge on any atom is 0.300 e. The molecule has 0 aliphatic carbocycles. The first-order chi connectivity index (χ1) is 9.99. The lowest BCUT2D eigenvalue weighted by Crippen LogP contribution is -2.20. The minimum Gasteiger partial charge on any atom is -0.279 e. The molecule has 1 aromatic carbocycles. The number of halogens is 4. The second-order valence-electron chi connectivity index (χ2n) is 4.12. The monoisotopic (exact) mass is 298 g/mol. The smallest absolute Gasteiger partial charge is 0.279 e. The molecule has 0 aliphatic rings. The molecule has 0 spiro atoms. The van der Waals surface area contributed by atoms with E-state index in [9.17, 15) is 22.4 Å². The van der Waals surface area contributed by atoms with Gasteiger partial charge in [-0.1, -0.05) is 0 Å². The largest absolute Gasteiger partial charge is 0.300 e. The zero-order valence-corrected chi connectivity index (χ0v) is 10.2. The molecule has 2 heterocycles. The highest BCUT2D eigenvalue weighted by Crippen LogP contribution is 2.17. The van der Waals surface area contributed by atoms with Crippen LogP contribution in [0.3, 0.4) is 0 Å². The number of hydrogen-bond donors (Lipinski definition) is 0. The number of fused-ring (bicyclic) bond motifs is 1. The van der Waals surface area contributed by atoms with Gasteiger partial charge in [-0.2, -0.15) is 0 Å². The fourth-order valence-corrected chi connectivity index (χ4v) is 1.89. The molecule has 0 amide bonds. The van der Waals surface area contributed by atoms with Gasteiger partial charge in [0, 0.05) is 18.5 Å². The van der Waals surface area contributed by atoms with E-state index in [0.29, 0.717) is 0 Å². The van der Waals surface area contributed by atoms with E-state index in [4.69, 9.17) is 0 Å². The van der Waals surface area contributed by atoms with Gasteiger partial charge in [-0.05, 0) is 12.1 Å². The summed E-state index contributed by atoms with van der Waals surface area (Å²) in [5.41, 5.74) is -1.07. The Morgan fingerprint density at radius 2 is 1.81 bits per heavy atom. The Labute approximate surface area is 114 Å². The molecule has 0 unspecified atom stereocenters. The van der Waals surface area contributed by atoms with E-state index in [-0.39, 0.29) is 11.3 Å². The molecular formula is C12H6F4N4O. The number of alkyl halides is 2. The van der Waals surface area contributed by atoms with Gasteiger partial charge in [0.15, 0.2) is 11.6 Å². The van der Waals surface area contributed by atoms with Gasteiger partial charge in [0.2, 0.25) is 11.5 Å². The number of benzene rings is 1. The molecule has 0 saturated heterocycles. The fraction of sp³-hybridized carbons (Fsp3) is 0.0833. The summed E-state index contributed by atoms with van der Waals surface area (Å²) in [5, 5.41) is 6.64. The molecule has 9 heteroatoms. The average Bonchev–Trinajstić information content (AvgIpc) is 2.87. The Hall–Kier alpha value is -2.71. The molecule has 3 rings (SSSR count). The number of hydrogen-bond acceptors (Lipinski definition) is 3. The molecule has 0 radical (unpaired) electrons. The van der Waals surface area contributed by atoms with Gasteiger partial charge >= 0.3 is 5.56 Å². The Bertz CT molecular complexity index is 887. The summed E-state index contributed by atoms with van der Waals surface area (Å²) < 4.78 is 53.2. The van der Waals surface area contributed by atoms with Crippen molar-refractivity contribution in [2.24, 2.45) is 0 Å². The van der Waals surface area contributed by atoms with Crippen LogP contribution in [0.15, 0.2) is 35.4 Å². The number of nitrogens with zero attached hydrogens (tertiary/aromatic N) is 4. The zero-order chi connectivity index (χ0) is 15.1. The first-order valence-corrected chi connectivity index (χ1v) is 5.69. The van der Waals surface area contributed by atoms with Gasteiger partial charge in [0.05, 0.1) is 5.69 Å². The van der Waals surface area contributed by atoms with Crippen LogP contribution in [-0.2, 0) is 0 Å². The highest BCUT2D eigenvalue weighted by Gasteiger charge is 2.18. The van der Waals surface area contributed by atoms with Gasteiger partial charge in [-0.25, -0.2) is 17.6 Å². The van der Waals surface area contributed by atoms with Crippen molar-refractivity contribution in [2.45, 2.75) is 6.43 Å². The van der Waals surface area contributed by atoms with Crippen LogP contribution < -0.4 is 5.56 Å². The van der Waals surface area contributed by atoms with Gasteiger partial charge in [0.25, 0.3) is 6.43 Å². The second-order valence-corrected chi connectivity index (χ2v) is 4.12. The predicted octanol–water partition coefficient (Wildman–Crippen LogP) is 2.10. The van der Waals surface area contributed by atoms with Crippen LogP contribution in [0.1, 0.15) is 12.2 Å². The van der Waals surface area contributed by atoms with Crippen molar-refractivity contribution in [1.29, 1.82) is 0 Å². The normalized spacial score (nSPS) is 11.5. The molecule has 0 N–H and O–H groups in total. The van der Waals surface area contributed by atoms with Gasteiger partial charge in [-0.15, -0.1) is 10.2 Å². The van der Waals surface area contributed by atoms with Crippen LogP contribution in [0.25, 0.3) is 11.3 Å². The summed E-state index contributed by atoms with van der Waals surface area (Å²) in [7, 11) is 0. The van der Waals surface area contributed by atoms with Crippen molar-refractivity contribution in [1.82, 2.24) is 19.2 Å². The Morgan fingerprint density at radius 1 is 1.05 bits per heavy atom. The molecule has 0 atom stereocenters. The standard InChI is InChI=1S/C12H6F4N4O/c13-7-2-1-6(5-8(7)14)19-3-4-20-10(9(15)16)17-18-11(20)12(19)21/h1-5,9H. The highest BCUT2D eigenvalue weighted by atomic mass is 19.3. The molecular weight excluding hydrogens is 292 g/mol. The quantitative estimate of drug-likeness (QED) is 0.681. The topological polar surface area (TPSA) is 52.2 Å². The second kappa shape index (κ2) is 4.69. The van der Waals surface area contributed by atoms with Crippen LogP contribution in [0, 0.1) is 11.6 Å². The molecule has 2 aromatic heterocycles. The number of rotatable bonds is 2. The van der Waals surface area contributed by atoms with Crippen molar-refractivity contribution in [2.75, 3.05) is 0 Å². The van der Waals surface area contributed by atoms with Gasteiger partial charge in [0.1, 0.15) is 0 Å². The molecule has 3 aromatic rings. The lowest BCUT2D eigenvalue weighted by atomic mass is 10.3. The minimum atomic E-state index is -2.89. The van der Waals surface area contributed by atoms with E-state index in [2.05, 4.69) is 10.2 Å². The Morgan fingerprint density at radius 3 is 2.48 bits per heavy atom. The van der Waals surface area contributed by atoms with Crippen molar-refractivity contribution in [3.63, 3.8) is 0 Å². The summed E-state index contributed by atoms with van der Waals surface area (Å²) in [6.07, 6.45) is -0.588. The van der Waals surface area contributed by atoms with Crippen molar-refractivity contribution >= 4 is 5.65 Å². The van der Waals surface area contributed by atoms with Crippen LogP contribution in [0.4, 0.5) is 17.6 Å². The van der Waals surface area contributed by atoms with Gasteiger partial charge < -0.3 is 0 Å². The van der Waals surface area contributed by atoms with Crippen LogP contribution in [0.5, 0.6) is 0 Å². The Kier molecular flexibility index (Phi) is 2.96. The van der Waals surface area contributed by atoms with Crippen molar-refractivity contribution in [3.8, 4) is 5.69 Å². The van der Waals surface area contributed by atoms with Crippen LogP contribution >= 0.6 is 0 Å².